The highest BCUT2D eigenvalue weighted by atomic mass is 79.9. The van der Waals surface area contributed by atoms with Crippen molar-refractivity contribution in [1.82, 2.24) is 29.5 Å². The van der Waals surface area contributed by atoms with Gasteiger partial charge in [-0.1, -0.05) is 38.8 Å². The fourth-order valence-corrected chi connectivity index (χ4v) is 3.38. The Morgan fingerprint density at radius 2 is 1.83 bits per heavy atom. The summed E-state index contributed by atoms with van der Waals surface area (Å²) >= 11 is 3.40. The van der Waals surface area contributed by atoms with E-state index in [9.17, 15) is 4.79 Å². The standard InChI is InChI=1S/C21H15BrN6O2/c1-13-2-8-16(9-3-13)28-20-17(10-24-28)21(29)27(12-23-20)11-18-25-19(26-30-18)14-4-6-15(22)7-5-14/h2-10,12H,11H2,1H3. The average molecular weight is 463 g/mol. The van der Waals surface area contributed by atoms with Crippen molar-refractivity contribution in [2.24, 2.45) is 0 Å². The van der Waals surface area contributed by atoms with Gasteiger partial charge in [0.25, 0.3) is 5.56 Å². The van der Waals surface area contributed by atoms with Gasteiger partial charge in [0.1, 0.15) is 18.3 Å². The Balaban J connectivity index is 1.46. The summed E-state index contributed by atoms with van der Waals surface area (Å²) in [5, 5.41) is 8.76. The maximum atomic E-state index is 12.9. The van der Waals surface area contributed by atoms with Crippen LogP contribution in [-0.2, 0) is 6.54 Å². The van der Waals surface area contributed by atoms with E-state index in [4.69, 9.17) is 4.52 Å². The Morgan fingerprint density at radius 1 is 1.07 bits per heavy atom. The fraction of sp³-hybridized carbons (Fsp3) is 0.0952. The molecule has 0 fully saturated rings. The Kier molecular flexibility index (Phi) is 4.51. The lowest BCUT2D eigenvalue weighted by Gasteiger charge is -2.05. The van der Waals surface area contributed by atoms with E-state index in [1.54, 1.807) is 4.68 Å². The predicted molar refractivity (Wildman–Crippen MR) is 114 cm³/mol. The van der Waals surface area contributed by atoms with Gasteiger partial charge in [-0.05, 0) is 43.3 Å². The molecule has 0 radical (unpaired) electrons. The van der Waals surface area contributed by atoms with Crippen molar-refractivity contribution in [3.8, 4) is 17.1 Å². The third-order valence-electron chi connectivity index (χ3n) is 4.71. The van der Waals surface area contributed by atoms with E-state index in [0.29, 0.717) is 22.7 Å². The summed E-state index contributed by atoms with van der Waals surface area (Å²) in [7, 11) is 0. The van der Waals surface area contributed by atoms with Gasteiger partial charge >= 0.3 is 0 Å². The molecule has 3 aromatic heterocycles. The van der Waals surface area contributed by atoms with Crippen LogP contribution in [0.2, 0.25) is 0 Å². The molecule has 5 rings (SSSR count). The molecular formula is C21H15BrN6O2. The summed E-state index contributed by atoms with van der Waals surface area (Å²) in [4.78, 5) is 21.7. The van der Waals surface area contributed by atoms with E-state index in [0.717, 1.165) is 21.3 Å². The van der Waals surface area contributed by atoms with Crippen LogP contribution in [0.4, 0.5) is 0 Å². The minimum Gasteiger partial charge on any atom is -0.337 e. The molecule has 0 aliphatic rings. The van der Waals surface area contributed by atoms with Crippen LogP contribution in [0.25, 0.3) is 28.1 Å². The van der Waals surface area contributed by atoms with Crippen LogP contribution in [0.15, 0.2) is 74.8 Å². The Morgan fingerprint density at radius 3 is 2.60 bits per heavy atom. The second kappa shape index (κ2) is 7.34. The molecule has 0 spiro atoms. The van der Waals surface area contributed by atoms with Crippen LogP contribution in [-0.4, -0.2) is 29.5 Å². The van der Waals surface area contributed by atoms with Gasteiger partial charge in [-0.15, -0.1) is 0 Å². The normalized spacial score (nSPS) is 11.3. The van der Waals surface area contributed by atoms with Crippen molar-refractivity contribution in [3.63, 3.8) is 0 Å². The molecule has 5 aromatic rings. The zero-order chi connectivity index (χ0) is 20.7. The summed E-state index contributed by atoms with van der Waals surface area (Å²) in [6, 6.07) is 15.4. The van der Waals surface area contributed by atoms with Crippen LogP contribution < -0.4 is 5.56 Å². The molecule has 0 bridgehead atoms. The number of fused-ring (bicyclic) bond motifs is 1. The third kappa shape index (κ3) is 3.33. The highest BCUT2D eigenvalue weighted by Crippen LogP contribution is 2.19. The zero-order valence-corrected chi connectivity index (χ0v) is 17.4. The van der Waals surface area contributed by atoms with E-state index >= 15 is 0 Å². The van der Waals surface area contributed by atoms with E-state index in [1.807, 2.05) is 55.5 Å². The molecule has 9 heteroatoms. The molecule has 0 saturated heterocycles. The van der Waals surface area contributed by atoms with Crippen molar-refractivity contribution in [2.45, 2.75) is 13.5 Å². The lowest BCUT2D eigenvalue weighted by Crippen LogP contribution is -2.21. The summed E-state index contributed by atoms with van der Waals surface area (Å²) in [6.07, 6.45) is 3.00. The fourth-order valence-electron chi connectivity index (χ4n) is 3.12. The number of hydrogen-bond donors (Lipinski definition) is 0. The topological polar surface area (TPSA) is 91.6 Å². The van der Waals surface area contributed by atoms with Crippen molar-refractivity contribution < 1.29 is 4.52 Å². The van der Waals surface area contributed by atoms with Gasteiger partial charge in [0, 0.05) is 10.0 Å². The van der Waals surface area contributed by atoms with E-state index in [-0.39, 0.29) is 12.1 Å². The second-order valence-corrected chi connectivity index (χ2v) is 7.74. The first-order chi connectivity index (χ1) is 14.6. The maximum Gasteiger partial charge on any atom is 0.264 e. The minimum absolute atomic E-state index is 0.126. The monoisotopic (exact) mass is 462 g/mol. The predicted octanol–water partition coefficient (Wildman–Crippen LogP) is 3.75. The molecule has 0 N–H and O–H groups in total. The molecule has 0 saturated carbocycles. The van der Waals surface area contributed by atoms with Gasteiger partial charge < -0.3 is 4.52 Å². The third-order valence-corrected chi connectivity index (χ3v) is 5.24. The van der Waals surface area contributed by atoms with Crippen molar-refractivity contribution >= 4 is 27.0 Å². The van der Waals surface area contributed by atoms with Crippen molar-refractivity contribution in [3.05, 3.63) is 87.3 Å². The van der Waals surface area contributed by atoms with Gasteiger partial charge in [0.2, 0.25) is 11.7 Å². The molecule has 8 nitrogen and oxygen atoms in total. The van der Waals surface area contributed by atoms with Gasteiger partial charge in [0.15, 0.2) is 5.65 Å². The van der Waals surface area contributed by atoms with E-state index in [2.05, 4.69) is 36.2 Å². The number of halogens is 1. The molecule has 0 amide bonds. The van der Waals surface area contributed by atoms with Crippen molar-refractivity contribution in [1.29, 1.82) is 0 Å². The quantitative estimate of drug-likeness (QED) is 0.403. The SMILES string of the molecule is Cc1ccc(-n2ncc3c(=O)n(Cc4nc(-c5ccc(Br)cc5)no4)cnc32)cc1. The molecule has 0 atom stereocenters. The summed E-state index contributed by atoms with van der Waals surface area (Å²) in [5.41, 5.74) is 3.10. The number of nitrogens with zero attached hydrogens (tertiary/aromatic N) is 6. The molecule has 0 aliphatic carbocycles. The van der Waals surface area contributed by atoms with Gasteiger partial charge in [0.05, 0.1) is 11.9 Å². The van der Waals surface area contributed by atoms with Crippen LogP contribution in [0.1, 0.15) is 11.5 Å². The largest absolute Gasteiger partial charge is 0.337 e. The summed E-state index contributed by atoms with van der Waals surface area (Å²) < 4.78 is 9.37. The molecule has 2 aromatic carbocycles. The van der Waals surface area contributed by atoms with E-state index < -0.39 is 0 Å². The number of rotatable bonds is 4. The van der Waals surface area contributed by atoms with Gasteiger partial charge in [-0.2, -0.15) is 10.1 Å². The Hall–Kier alpha value is -3.59. The van der Waals surface area contributed by atoms with Crippen LogP contribution in [0.5, 0.6) is 0 Å². The Bertz CT molecular complexity index is 1400. The first kappa shape index (κ1) is 18.4. The molecule has 0 aliphatic heterocycles. The summed E-state index contributed by atoms with van der Waals surface area (Å²) in [5.74, 6) is 0.786. The average Bonchev–Trinajstić information content (AvgIpc) is 3.39. The number of aryl methyl sites for hydroxylation is 1. The Labute approximate surface area is 178 Å². The number of hydrogen-bond acceptors (Lipinski definition) is 6. The van der Waals surface area contributed by atoms with E-state index in [1.165, 1.54) is 17.1 Å². The molecule has 0 unspecified atom stereocenters. The first-order valence-corrected chi connectivity index (χ1v) is 9.96. The summed E-state index contributed by atoms with van der Waals surface area (Å²) in [6.45, 7) is 2.14. The second-order valence-electron chi connectivity index (χ2n) is 6.83. The van der Waals surface area contributed by atoms with Gasteiger partial charge in [-0.25, -0.2) is 9.67 Å². The maximum absolute atomic E-state index is 12.9. The smallest absolute Gasteiger partial charge is 0.264 e. The zero-order valence-electron chi connectivity index (χ0n) is 15.9. The number of benzene rings is 2. The van der Waals surface area contributed by atoms with Crippen molar-refractivity contribution in [2.75, 3.05) is 0 Å². The highest BCUT2D eigenvalue weighted by molar-refractivity contribution is 9.10. The first-order valence-electron chi connectivity index (χ1n) is 9.17. The highest BCUT2D eigenvalue weighted by Gasteiger charge is 2.14. The van der Waals surface area contributed by atoms with Crippen LogP contribution in [0, 0.1) is 6.92 Å². The van der Waals surface area contributed by atoms with Crippen LogP contribution in [0.3, 0.4) is 0 Å². The van der Waals surface area contributed by atoms with Gasteiger partial charge in [-0.3, -0.25) is 9.36 Å². The molecule has 148 valence electrons. The molecule has 3 heterocycles. The lowest BCUT2D eigenvalue weighted by atomic mass is 10.2. The number of aromatic nitrogens is 6. The molecular weight excluding hydrogens is 448 g/mol. The lowest BCUT2D eigenvalue weighted by molar-refractivity contribution is 0.369. The van der Waals surface area contributed by atoms with Crippen LogP contribution >= 0.6 is 15.9 Å². The minimum atomic E-state index is -0.221. The molecule has 30 heavy (non-hydrogen) atoms.